The van der Waals surface area contributed by atoms with Gasteiger partial charge in [0.05, 0.1) is 30.4 Å². The molecule has 1 unspecified atom stereocenters. The Morgan fingerprint density at radius 3 is 2.36 bits per heavy atom. The van der Waals surface area contributed by atoms with E-state index in [1.54, 1.807) is 32.4 Å². The zero-order valence-corrected chi connectivity index (χ0v) is 16.1. The van der Waals surface area contributed by atoms with Crippen molar-refractivity contribution >= 4 is 23.2 Å². The van der Waals surface area contributed by atoms with Crippen LogP contribution in [0.4, 0.5) is 0 Å². The van der Waals surface area contributed by atoms with Crippen LogP contribution in [0, 0.1) is 0 Å². The zero-order valence-electron chi connectivity index (χ0n) is 14.6. The van der Waals surface area contributed by atoms with Gasteiger partial charge in [-0.3, -0.25) is 0 Å². The van der Waals surface area contributed by atoms with Gasteiger partial charge in [0, 0.05) is 12.6 Å². The molecule has 0 aromatic heterocycles. The van der Waals surface area contributed by atoms with Crippen molar-refractivity contribution in [3.05, 3.63) is 57.6 Å². The van der Waals surface area contributed by atoms with Crippen molar-refractivity contribution in [3.8, 4) is 11.5 Å². The maximum Gasteiger partial charge on any atom is 0.160 e. The minimum Gasteiger partial charge on any atom is -0.493 e. The zero-order chi connectivity index (χ0) is 18.4. The number of ether oxygens (including phenoxy) is 2. The highest BCUT2D eigenvalue weighted by atomic mass is 35.5. The third-order valence-corrected chi connectivity index (χ3v) is 4.72. The average molecular weight is 384 g/mol. The summed E-state index contributed by atoms with van der Waals surface area (Å²) in [6, 6.07) is 11.2. The molecule has 0 saturated carbocycles. The number of aliphatic hydroxyl groups excluding tert-OH is 1. The number of methoxy groups -OCH3 is 2. The highest BCUT2D eigenvalue weighted by Gasteiger charge is 2.12. The Labute approximate surface area is 158 Å². The lowest BCUT2D eigenvalue weighted by atomic mass is 10.1. The smallest absolute Gasteiger partial charge is 0.160 e. The third-order valence-electron chi connectivity index (χ3n) is 3.98. The summed E-state index contributed by atoms with van der Waals surface area (Å²) in [5, 5.41) is 14.6. The van der Waals surface area contributed by atoms with Crippen LogP contribution >= 0.6 is 23.2 Å². The van der Waals surface area contributed by atoms with Crippen LogP contribution in [0.15, 0.2) is 36.4 Å². The van der Waals surface area contributed by atoms with E-state index in [0.717, 1.165) is 17.5 Å². The lowest BCUT2D eigenvalue weighted by Crippen LogP contribution is -2.32. The van der Waals surface area contributed by atoms with Crippen LogP contribution in [0.1, 0.15) is 24.2 Å². The second-order valence-corrected chi connectivity index (χ2v) is 6.71. The first-order valence-electron chi connectivity index (χ1n) is 8.02. The van der Waals surface area contributed by atoms with E-state index >= 15 is 0 Å². The van der Waals surface area contributed by atoms with Crippen LogP contribution < -0.4 is 14.8 Å². The molecule has 6 heteroatoms. The van der Waals surface area contributed by atoms with Gasteiger partial charge in [-0.2, -0.15) is 0 Å². The Morgan fingerprint density at radius 2 is 1.72 bits per heavy atom. The van der Waals surface area contributed by atoms with Gasteiger partial charge in [0.25, 0.3) is 0 Å². The van der Waals surface area contributed by atoms with Crippen molar-refractivity contribution in [3.63, 3.8) is 0 Å². The van der Waals surface area contributed by atoms with Gasteiger partial charge in [0.1, 0.15) is 0 Å². The van der Waals surface area contributed by atoms with Crippen LogP contribution in [0.3, 0.4) is 0 Å². The summed E-state index contributed by atoms with van der Waals surface area (Å²) in [7, 11) is 3.24. The van der Waals surface area contributed by atoms with E-state index in [1.165, 1.54) is 0 Å². The molecule has 2 atom stereocenters. The topological polar surface area (TPSA) is 50.7 Å². The van der Waals surface area contributed by atoms with Crippen molar-refractivity contribution in [1.82, 2.24) is 5.32 Å². The van der Waals surface area contributed by atoms with E-state index in [1.807, 2.05) is 18.2 Å². The number of rotatable bonds is 8. The van der Waals surface area contributed by atoms with Crippen molar-refractivity contribution < 1.29 is 14.6 Å². The van der Waals surface area contributed by atoms with Gasteiger partial charge in [0.2, 0.25) is 0 Å². The molecule has 0 fully saturated rings. The van der Waals surface area contributed by atoms with Crippen molar-refractivity contribution in [2.24, 2.45) is 0 Å². The highest BCUT2D eigenvalue weighted by molar-refractivity contribution is 6.42. The molecule has 25 heavy (non-hydrogen) atoms. The molecule has 2 aromatic rings. The van der Waals surface area contributed by atoms with Gasteiger partial charge in [-0.05, 0) is 48.7 Å². The van der Waals surface area contributed by atoms with Gasteiger partial charge < -0.3 is 19.9 Å². The lowest BCUT2D eigenvalue weighted by Gasteiger charge is -2.18. The van der Waals surface area contributed by atoms with Gasteiger partial charge in [-0.25, -0.2) is 0 Å². The van der Waals surface area contributed by atoms with Gasteiger partial charge in [-0.1, -0.05) is 35.3 Å². The number of aliphatic hydroxyl groups is 1. The first kappa shape index (κ1) is 19.9. The Balaban J connectivity index is 1.91. The number of hydrogen-bond acceptors (Lipinski definition) is 4. The fraction of sp³-hybridized carbons (Fsp3) is 0.368. The third kappa shape index (κ3) is 5.51. The molecule has 0 radical (unpaired) electrons. The molecule has 2 rings (SSSR count). The van der Waals surface area contributed by atoms with Crippen molar-refractivity contribution in [2.45, 2.75) is 25.5 Å². The van der Waals surface area contributed by atoms with E-state index in [2.05, 4.69) is 12.2 Å². The Hall–Kier alpha value is -1.46. The molecule has 0 aliphatic rings. The number of benzene rings is 2. The number of halogens is 2. The molecule has 0 amide bonds. The summed E-state index contributed by atoms with van der Waals surface area (Å²) >= 11 is 11.9. The molecule has 0 bridgehead atoms. The molecule has 2 aromatic carbocycles. The molecule has 0 heterocycles. The van der Waals surface area contributed by atoms with Gasteiger partial charge >= 0.3 is 0 Å². The molecule has 136 valence electrons. The van der Waals surface area contributed by atoms with Crippen LogP contribution in [0.5, 0.6) is 11.5 Å². The normalized spacial score (nSPS) is 13.4. The maximum atomic E-state index is 10.3. The second-order valence-electron chi connectivity index (χ2n) is 5.89. The molecule has 0 aliphatic heterocycles. The van der Waals surface area contributed by atoms with Gasteiger partial charge in [-0.15, -0.1) is 0 Å². The van der Waals surface area contributed by atoms with E-state index < -0.39 is 6.10 Å². The molecular weight excluding hydrogens is 361 g/mol. The first-order chi connectivity index (χ1) is 11.9. The second kappa shape index (κ2) is 9.30. The molecule has 0 aliphatic carbocycles. The average Bonchev–Trinajstić information content (AvgIpc) is 2.61. The van der Waals surface area contributed by atoms with Crippen LogP contribution in [-0.2, 0) is 6.42 Å². The maximum absolute atomic E-state index is 10.3. The summed E-state index contributed by atoms with van der Waals surface area (Å²) in [4.78, 5) is 0. The SMILES string of the molecule is COc1ccc(CC(C)NC[C@H](O)c2ccc(Cl)c(Cl)c2)cc1OC. The molecule has 0 saturated heterocycles. The summed E-state index contributed by atoms with van der Waals surface area (Å²) < 4.78 is 10.6. The number of nitrogens with one attached hydrogen (secondary N) is 1. The standard InChI is InChI=1S/C19H23Cl2NO3/c1-12(8-13-4-7-18(24-2)19(9-13)25-3)22-11-17(23)14-5-6-15(20)16(21)10-14/h4-7,9-10,12,17,22-23H,8,11H2,1-3H3/t12?,17-/m0/s1. The van der Waals surface area contributed by atoms with Gasteiger partial charge in [0.15, 0.2) is 11.5 Å². The van der Waals surface area contributed by atoms with Crippen molar-refractivity contribution in [1.29, 1.82) is 0 Å². The number of hydrogen-bond donors (Lipinski definition) is 2. The Bertz CT molecular complexity index is 709. The fourth-order valence-corrected chi connectivity index (χ4v) is 2.89. The van der Waals surface area contributed by atoms with Crippen LogP contribution in [0.2, 0.25) is 10.0 Å². The minimum atomic E-state index is -0.650. The van der Waals surface area contributed by atoms with Crippen LogP contribution in [-0.4, -0.2) is 31.9 Å². The first-order valence-corrected chi connectivity index (χ1v) is 8.77. The van der Waals surface area contributed by atoms with E-state index in [9.17, 15) is 5.11 Å². The summed E-state index contributed by atoms with van der Waals surface area (Å²) in [6.07, 6.45) is 0.150. The lowest BCUT2D eigenvalue weighted by molar-refractivity contribution is 0.170. The monoisotopic (exact) mass is 383 g/mol. The highest BCUT2D eigenvalue weighted by Crippen LogP contribution is 2.28. The van der Waals surface area contributed by atoms with E-state index in [-0.39, 0.29) is 6.04 Å². The van der Waals surface area contributed by atoms with Crippen molar-refractivity contribution in [2.75, 3.05) is 20.8 Å². The summed E-state index contributed by atoms with van der Waals surface area (Å²) in [5.41, 5.74) is 1.86. The van der Waals surface area contributed by atoms with E-state index in [0.29, 0.717) is 28.1 Å². The molecular formula is C19H23Cl2NO3. The Kier molecular flexibility index (Phi) is 7.38. The largest absolute Gasteiger partial charge is 0.493 e. The predicted octanol–water partition coefficient (Wildman–Crippen LogP) is 4.26. The van der Waals surface area contributed by atoms with E-state index in [4.69, 9.17) is 32.7 Å². The fourth-order valence-electron chi connectivity index (χ4n) is 2.58. The summed E-state index contributed by atoms with van der Waals surface area (Å²) in [5.74, 6) is 1.42. The Morgan fingerprint density at radius 1 is 1.00 bits per heavy atom. The quantitative estimate of drug-likeness (QED) is 0.714. The van der Waals surface area contributed by atoms with Crippen LogP contribution in [0.25, 0.3) is 0 Å². The molecule has 0 spiro atoms. The molecule has 2 N–H and O–H groups in total. The summed E-state index contributed by atoms with van der Waals surface area (Å²) in [6.45, 7) is 2.49. The minimum absolute atomic E-state index is 0.176. The molecule has 4 nitrogen and oxygen atoms in total. The predicted molar refractivity (Wildman–Crippen MR) is 102 cm³/mol.